The Morgan fingerprint density at radius 1 is 1.21 bits per heavy atom. The molecule has 0 saturated carbocycles. The zero-order valence-corrected chi connectivity index (χ0v) is 14.7. The van der Waals surface area contributed by atoms with Gasteiger partial charge in [-0.15, -0.1) is 0 Å². The number of carbonyl (C=O) groups is 1. The van der Waals surface area contributed by atoms with Crippen LogP contribution in [0, 0.1) is 0 Å². The third-order valence-electron chi connectivity index (χ3n) is 3.47. The number of hydrogen-bond donors (Lipinski definition) is 0. The van der Waals surface area contributed by atoms with Gasteiger partial charge in [-0.1, -0.05) is 48.5 Å². The fourth-order valence-electron chi connectivity index (χ4n) is 2.32. The van der Waals surface area contributed by atoms with Crippen molar-refractivity contribution in [2.75, 3.05) is 6.61 Å². The van der Waals surface area contributed by atoms with Crippen LogP contribution in [0.15, 0.2) is 63.7 Å². The van der Waals surface area contributed by atoms with Crippen molar-refractivity contribution in [1.29, 1.82) is 0 Å². The van der Waals surface area contributed by atoms with E-state index in [1.807, 2.05) is 48.5 Å². The molecule has 0 fully saturated rings. The summed E-state index contributed by atoms with van der Waals surface area (Å²) in [5.41, 5.74) is 2.69. The summed E-state index contributed by atoms with van der Waals surface area (Å²) in [5, 5.41) is 3.91. The number of ether oxygens (including phenoxy) is 1. The summed E-state index contributed by atoms with van der Waals surface area (Å²) >= 11 is 3.50. The van der Waals surface area contributed by atoms with Gasteiger partial charge in [0.25, 0.3) is 0 Å². The summed E-state index contributed by atoms with van der Waals surface area (Å²) in [4.78, 5) is 16.9. The van der Waals surface area contributed by atoms with Gasteiger partial charge in [-0.3, -0.25) is 0 Å². The maximum absolute atomic E-state index is 12.0. The van der Waals surface area contributed by atoms with Gasteiger partial charge in [-0.2, -0.15) is 0 Å². The van der Waals surface area contributed by atoms with Crippen LogP contribution in [-0.2, 0) is 9.63 Å². The molecule has 0 bridgehead atoms. The molecule has 0 aromatic heterocycles. The largest absolute Gasteiger partial charge is 0.492 e. The zero-order chi connectivity index (χ0) is 16.9. The summed E-state index contributed by atoms with van der Waals surface area (Å²) in [6.07, 6.45) is 2.72. The van der Waals surface area contributed by atoms with Crippen molar-refractivity contribution >= 4 is 33.7 Å². The summed E-state index contributed by atoms with van der Waals surface area (Å²) in [5.74, 6) is 0.334. The standard InChI is InChI=1S/C19H16BrNO3/c1-2-10-23-17-9-8-13(12-16(17)20)11-15-18(21-24-19(15)22)14-6-4-3-5-7-14/h3-9,11-12H,2,10H2,1H3/b15-11-. The van der Waals surface area contributed by atoms with Gasteiger partial charge in [-0.05, 0) is 46.1 Å². The topological polar surface area (TPSA) is 47.9 Å². The van der Waals surface area contributed by atoms with Gasteiger partial charge < -0.3 is 9.57 Å². The average molecular weight is 386 g/mol. The van der Waals surface area contributed by atoms with Gasteiger partial charge in [0.1, 0.15) is 11.5 Å². The van der Waals surface area contributed by atoms with Crippen molar-refractivity contribution in [1.82, 2.24) is 0 Å². The predicted octanol–water partition coefficient (Wildman–Crippen LogP) is 4.58. The van der Waals surface area contributed by atoms with Crippen LogP contribution in [0.1, 0.15) is 24.5 Å². The molecule has 4 nitrogen and oxygen atoms in total. The second-order valence-corrected chi connectivity index (χ2v) is 6.14. The number of hydrogen-bond acceptors (Lipinski definition) is 4. The van der Waals surface area contributed by atoms with Crippen LogP contribution < -0.4 is 4.74 Å². The molecule has 1 aliphatic heterocycles. The monoisotopic (exact) mass is 385 g/mol. The van der Waals surface area contributed by atoms with Crippen LogP contribution in [0.2, 0.25) is 0 Å². The second kappa shape index (κ2) is 7.45. The molecule has 1 heterocycles. The molecule has 0 N–H and O–H groups in total. The lowest BCUT2D eigenvalue weighted by molar-refractivity contribution is -0.136. The molecule has 2 aromatic carbocycles. The third kappa shape index (κ3) is 3.57. The Bertz CT molecular complexity index is 813. The number of rotatable bonds is 5. The molecule has 0 saturated heterocycles. The Balaban J connectivity index is 1.90. The van der Waals surface area contributed by atoms with Gasteiger partial charge in [0, 0.05) is 5.56 Å². The molecule has 0 aliphatic carbocycles. The van der Waals surface area contributed by atoms with E-state index in [1.165, 1.54) is 0 Å². The highest BCUT2D eigenvalue weighted by Crippen LogP contribution is 2.28. The van der Waals surface area contributed by atoms with E-state index in [4.69, 9.17) is 9.57 Å². The van der Waals surface area contributed by atoms with E-state index >= 15 is 0 Å². The minimum atomic E-state index is -0.448. The molecule has 0 radical (unpaired) electrons. The van der Waals surface area contributed by atoms with Crippen LogP contribution in [0.5, 0.6) is 5.75 Å². The first-order chi connectivity index (χ1) is 11.7. The highest BCUT2D eigenvalue weighted by Gasteiger charge is 2.26. The van der Waals surface area contributed by atoms with E-state index in [-0.39, 0.29) is 0 Å². The molecule has 122 valence electrons. The average Bonchev–Trinajstić information content (AvgIpc) is 2.96. The first-order valence-electron chi connectivity index (χ1n) is 7.68. The van der Waals surface area contributed by atoms with Crippen molar-refractivity contribution in [3.63, 3.8) is 0 Å². The summed E-state index contributed by atoms with van der Waals surface area (Å²) in [6, 6.07) is 15.2. The second-order valence-electron chi connectivity index (χ2n) is 5.28. The predicted molar refractivity (Wildman–Crippen MR) is 97.0 cm³/mol. The van der Waals surface area contributed by atoms with Crippen LogP contribution in [0.3, 0.4) is 0 Å². The molecule has 0 unspecified atom stereocenters. The summed E-state index contributed by atoms with van der Waals surface area (Å²) < 4.78 is 6.48. The highest BCUT2D eigenvalue weighted by atomic mass is 79.9. The van der Waals surface area contributed by atoms with Gasteiger partial charge >= 0.3 is 5.97 Å². The summed E-state index contributed by atoms with van der Waals surface area (Å²) in [7, 11) is 0. The van der Waals surface area contributed by atoms with Crippen LogP contribution in [0.4, 0.5) is 0 Å². The quantitative estimate of drug-likeness (QED) is 0.558. The summed E-state index contributed by atoms with van der Waals surface area (Å²) in [6.45, 7) is 2.72. The van der Waals surface area contributed by atoms with Crippen molar-refractivity contribution in [2.45, 2.75) is 13.3 Å². The molecule has 0 amide bonds. The number of nitrogens with zero attached hydrogens (tertiary/aromatic N) is 1. The first-order valence-corrected chi connectivity index (χ1v) is 8.47. The molecule has 5 heteroatoms. The first kappa shape index (κ1) is 16.5. The van der Waals surface area contributed by atoms with E-state index in [0.717, 1.165) is 27.8 Å². The Morgan fingerprint density at radius 2 is 2.00 bits per heavy atom. The van der Waals surface area contributed by atoms with E-state index in [1.54, 1.807) is 6.08 Å². The number of benzene rings is 2. The van der Waals surface area contributed by atoms with Crippen LogP contribution >= 0.6 is 15.9 Å². The van der Waals surface area contributed by atoms with Crippen LogP contribution in [-0.4, -0.2) is 18.3 Å². The third-order valence-corrected chi connectivity index (χ3v) is 4.09. The molecule has 0 atom stereocenters. The molecule has 24 heavy (non-hydrogen) atoms. The van der Waals surface area contributed by atoms with Crippen molar-refractivity contribution in [3.05, 3.63) is 69.7 Å². The highest BCUT2D eigenvalue weighted by molar-refractivity contribution is 9.10. The number of oxime groups is 1. The Morgan fingerprint density at radius 3 is 2.71 bits per heavy atom. The maximum atomic E-state index is 12.0. The molecular formula is C19H16BrNO3. The minimum Gasteiger partial charge on any atom is -0.492 e. The molecule has 3 rings (SSSR count). The zero-order valence-electron chi connectivity index (χ0n) is 13.2. The Kier molecular flexibility index (Phi) is 5.11. The SMILES string of the molecule is CCCOc1ccc(/C=C2\C(=O)ON=C2c2ccccc2)cc1Br. The van der Waals surface area contributed by atoms with Crippen molar-refractivity contribution < 1.29 is 14.4 Å². The Hall–Kier alpha value is -2.40. The smallest absolute Gasteiger partial charge is 0.368 e. The van der Waals surface area contributed by atoms with Gasteiger partial charge in [-0.25, -0.2) is 4.79 Å². The van der Waals surface area contributed by atoms with Gasteiger partial charge in [0.2, 0.25) is 0 Å². The van der Waals surface area contributed by atoms with E-state index < -0.39 is 5.97 Å². The molecule has 2 aromatic rings. The van der Waals surface area contributed by atoms with E-state index in [9.17, 15) is 4.79 Å². The van der Waals surface area contributed by atoms with E-state index in [0.29, 0.717) is 17.9 Å². The molecule has 1 aliphatic rings. The fraction of sp³-hybridized carbons (Fsp3) is 0.158. The maximum Gasteiger partial charge on any atom is 0.368 e. The van der Waals surface area contributed by atoms with Crippen molar-refractivity contribution in [2.24, 2.45) is 5.16 Å². The van der Waals surface area contributed by atoms with Gasteiger partial charge in [0.05, 0.1) is 16.7 Å². The minimum absolute atomic E-state index is 0.440. The number of carbonyl (C=O) groups excluding carboxylic acids is 1. The molecule has 0 spiro atoms. The lowest BCUT2D eigenvalue weighted by atomic mass is 10.0. The van der Waals surface area contributed by atoms with Crippen molar-refractivity contribution in [3.8, 4) is 5.75 Å². The van der Waals surface area contributed by atoms with Crippen LogP contribution in [0.25, 0.3) is 6.08 Å². The Labute approximate surface area is 148 Å². The lowest BCUT2D eigenvalue weighted by Gasteiger charge is -2.07. The normalized spacial score (nSPS) is 15.3. The fourth-order valence-corrected chi connectivity index (χ4v) is 2.83. The molecular weight excluding hydrogens is 370 g/mol. The lowest BCUT2D eigenvalue weighted by Crippen LogP contribution is -2.06. The van der Waals surface area contributed by atoms with E-state index in [2.05, 4.69) is 28.0 Å². The van der Waals surface area contributed by atoms with Gasteiger partial charge in [0.15, 0.2) is 0 Å². The number of halogens is 1.